The van der Waals surface area contributed by atoms with Crippen molar-refractivity contribution in [2.75, 3.05) is 33.7 Å². The van der Waals surface area contributed by atoms with Crippen molar-refractivity contribution in [2.45, 2.75) is 38.1 Å². The monoisotopic (exact) mass is 375 g/mol. The van der Waals surface area contributed by atoms with E-state index >= 15 is 0 Å². The number of benzene rings is 1. The van der Waals surface area contributed by atoms with Crippen LogP contribution in [-0.2, 0) is 16.0 Å². The van der Waals surface area contributed by atoms with Crippen LogP contribution in [0.25, 0.3) is 0 Å². The predicted molar refractivity (Wildman–Crippen MR) is 103 cm³/mol. The van der Waals surface area contributed by atoms with E-state index in [1.54, 1.807) is 31.1 Å². The molecule has 6 heteroatoms. The number of hydrogen-bond donors (Lipinski definition) is 1. The van der Waals surface area contributed by atoms with Crippen LogP contribution in [0.3, 0.4) is 0 Å². The van der Waals surface area contributed by atoms with Crippen molar-refractivity contribution in [3.63, 3.8) is 0 Å². The number of carbonyl (C=O) groups is 2. The molecule has 3 atom stereocenters. The fraction of sp³-hybridized carbons (Fsp3) is 0.619. The average Bonchev–Trinajstić information content (AvgIpc) is 2.65. The molecular formula is C21H30FN3O2. The lowest BCUT2D eigenvalue weighted by molar-refractivity contribution is -0.134. The van der Waals surface area contributed by atoms with Crippen molar-refractivity contribution < 1.29 is 14.0 Å². The summed E-state index contributed by atoms with van der Waals surface area (Å²) in [6.07, 6.45) is 3.90. The Balaban J connectivity index is 1.52. The van der Waals surface area contributed by atoms with Gasteiger partial charge in [0.1, 0.15) is 5.82 Å². The van der Waals surface area contributed by atoms with Gasteiger partial charge in [-0.15, -0.1) is 0 Å². The summed E-state index contributed by atoms with van der Waals surface area (Å²) in [7, 11) is 3.58. The SMILES string of the molecule is CN(C)C(=O)CCCC1NCC2CC1CN(C(=O)Cc1ccc(F)cc1)C2. The summed E-state index contributed by atoms with van der Waals surface area (Å²) >= 11 is 0. The number of nitrogens with zero attached hydrogens (tertiary/aromatic N) is 2. The first-order valence-electron chi connectivity index (χ1n) is 9.88. The van der Waals surface area contributed by atoms with Crippen LogP contribution in [0.4, 0.5) is 4.39 Å². The maximum absolute atomic E-state index is 13.0. The molecule has 1 aromatic carbocycles. The lowest BCUT2D eigenvalue weighted by atomic mass is 9.79. The Morgan fingerprint density at radius 2 is 1.96 bits per heavy atom. The Morgan fingerprint density at radius 3 is 2.67 bits per heavy atom. The van der Waals surface area contributed by atoms with Crippen LogP contribution in [0, 0.1) is 17.7 Å². The van der Waals surface area contributed by atoms with Gasteiger partial charge >= 0.3 is 0 Å². The number of piperidine rings is 2. The molecule has 1 aromatic rings. The largest absolute Gasteiger partial charge is 0.349 e. The minimum Gasteiger partial charge on any atom is -0.349 e. The molecule has 0 spiro atoms. The number of carbonyl (C=O) groups excluding carboxylic acids is 2. The Bertz CT molecular complexity index is 662. The van der Waals surface area contributed by atoms with Gasteiger partial charge in [-0.1, -0.05) is 12.1 Å². The molecular weight excluding hydrogens is 345 g/mol. The van der Waals surface area contributed by atoms with Gasteiger partial charge in [0.15, 0.2) is 0 Å². The topological polar surface area (TPSA) is 52.7 Å². The summed E-state index contributed by atoms with van der Waals surface area (Å²) in [5.74, 6) is 0.966. The van der Waals surface area contributed by atoms with Gasteiger partial charge < -0.3 is 15.1 Å². The minimum atomic E-state index is -0.277. The van der Waals surface area contributed by atoms with Gasteiger partial charge in [-0.25, -0.2) is 4.39 Å². The third-order valence-electron chi connectivity index (χ3n) is 5.83. The van der Waals surface area contributed by atoms with Crippen molar-refractivity contribution >= 4 is 11.8 Å². The van der Waals surface area contributed by atoms with E-state index in [0.29, 0.717) is 30.7 Å². The summed E-state index contributed by atoms with van der Waals surface area (Å²) in [6, 6.07) is 6.55. The molecule has 3 unspecified atom stereocenters. The molecule has 5 nitrogen and oxygen atoms in total. The number of fused-ring (bicyclic) bond motifs is 2. The molecule has 1 N–H and O–H groups in total. The summed E-state index contributed by atoms with van der Waals surface area (Å²) in [4.78, 5) is 28.1. The van der Waals surface area contributed by atoms with Crippen molar-refractivity contribution in [3.05, 3.63) is 35.6 Å². The number of amides is 2. The molecule has 0 aromatic heterocycles. The molecule has 3 rings (SSSR count). The van der Waals surface area contributed by atoms with Gasteiger partial charge in [0.05, 0.1) is 6.42 Å². The zero-order chi connectivity index (χ0) is 19.4. The standard InChI is InChI=1S/C21H30FN3O2/c1-24(2)20(26)5-3-4-19-17-10-16(12-23-19)13-25(14-17)21(27)11-15-6-8-18(22)9-7-15/h6-9,16-17,19,23H,3-5,10-14H2,1-2H3. The molecule has 0 aliphatic carbocycles. The fourth-order valence-electron chi connectivity index (χ4n) is 4.30. The van der Waals surface area contributed by atoms with Crippen molar-refractivity contribution in [1.29, 1.82) is 0 Å². The number of likely N-dealkylation sites (tertiary alicyclic amines) is 1. The lowest BCUT2D eigenvalue weighted by Crippen LogP contribution is -2.57. The minimum absolute atomic E-state index is 0.125. The molecule has 148 valence electrons. The van der Waals surface area contributed by atoms with E-state index in [-0.39, 0.29) is 17.6 Å². The molecule has 0 saturated carbocycles. The second-order valence-electron chi connectivity index (χ2n) is 8.16. The highest BCUT2D eigenvalue weighted by atomic mass is 19.1. The van der Waals surface area contributed by atoms with E-state index < -0.39 is 0 Å². The summed E-state index contributed by atoms with van der Waals surface area (Å²) in [5.41, 5.74) is 0.856. The zero-order valence-corrected chi connectivity index (χ0v) is 16.3. The van der Waals surface area contributed by atoms with E-state index in [1.165, 1.54) is 12.1 Å². The van der Waals surface area contributed by atoms with Crippen molar-refractivity contribution in [3.8, 4) is 0 Å². The van der Waals surface area contributed by atoms with Crippen molar-refractivity contribution in [1.82, 2.24) is 15.1 Å². The van der Waals surface area contributed by atoms with Crippen LogP contribution in [0.15, 0.2) is 24.3 Å². The van der Waals surface area contributed by atoms with Crippen LogP contribution in [0.2, 0.25) is 0 Å². The Labute approximate surface area is 160 Å². The van der Waals surface area contributed by atoms with E-state index in [1.807, 2.05) is 4.90 Å². The first-order valence-corrected chi connectivity index (χ1v) is 9.88. The average molecular weight is 375 g/mol. The van der Waals surface area contributed by atoms with Crippen LogP contribution >= 0.6 is 0 Å². The van der Waals surface area contributed by atoms with Gasteiger partial charge in [-0.2, -0.15) is 0 Å². The van der Waals surface area contributed by atoms with Gasteiger partial charge in [-0.05, 0) is 55.3 Å². The third kappa shape index (κ3) is 5.28. The smallest absolute Gasteiger partial charge is 0.227 e. The molecule has 2 saturated heterocycles. The number of halogens is 1. The second-order valence-corrected chi connectivity index (χ2v) is 8.16. The molecule has 2 heterocycles. The quantitative estimate of drug-likeness (QED) is 0.828. The van der Waals surface area contributed by atoms with Crippen molar-refractivity contribution in [2.24, 2.45) is 11.8 Å². The highest BCUT2D eigenvalue weighted by Gasteiger charge is 2.37. The number of hydrogen-bond acceptors (Lipinski definition) is 3. The molecule has 2 aliphatic rings. The summed E-state index contributed by atoms with van der Waals surface area (Å²) < 4.78 is 13.0. The highest BCUT2D eigenvalue weighted by molar-refractivity contribution is 5.79. The maximum atomic E-state index is 13.0. The number of rotatable bonds is 6. The Kier molecular flexibility index (Phi) is 6.47. The lowest BCUT2D eigenvalue weighted by Gasteiger charge is -2.46. The summed E-state index contributed by atoms with van der Waals surface area (Å²) in [5, 5.41) is 3.63. The molecule has 0 radical (unpaired) electrons. The molecule has 27 heavy (non-hydrogen) atoms. The van der Waals surface area contributed by atoms with E-state index in [9.17, 15) is 14.0 Å². The highest BCUT2D eigenvalue weighted by Crippen LogP contribution is 2.30. The van der Waals surface area contributed by atoms with Crippen LogP contribution in [0.5, 0.6) is 0 Å². The third-order valence-corrected chi connectivity index (χ3v) is 5.83. The zero-order valence-electron chi connectivity index (χ0n) is 16.3. The molecule has 2 bridgehead atoms. The fourth-order valence-corrected chi connectivity index (χ4v) is 4.30. The van der Waals surface area contributed by atoms with Gasteiger partial charge in [-0.3, -0.25) is 9.59 Å². The predicted octanol–water partition coefficient (Wildman–Crippen LogP) is 2.06. The van der Waals surface area contributed by atoms with Gasteiger partial charge in [0.2, 0.25) is 11.8 Å². The van der Waals surface area contributed by atoms with E-state index in [4.69, 9.17) is 0 Å². The van der Waals surface area contributed by atoms with Gasteiger partial charge in [0, 0.05) is 39.6 Å². The molecule has 2 amide bonds. The summed E-state index contributed by atoms with van der Waals surface area (Å²) in [6.45, 7) is 2.51. The Morgan fingerprint density at radius 1 is 1.22 bits per heavy atom. The van der Waals surface area contributed by atoms with E-state index in [2.05, 4.69) is 5.32 Å². The van der Waals surface area contributed by atoms with Gasteiger partial charge in [0.25, 0.3) is 0 Å². The molecule has 2 fully saturated rings. The number of nitrogens with one attached hydrogen (secondary N) is 1. The molecule has 2 aliphatic heterocycles. The normalized spacial score (nSPS) is 24.6. The maximum Gasteiger partial charge on any atom is 0.227 e. The van der Waals surface area contributed by atoms with E-state index in [0.717, 1.165) is 44.5 Å². The van der Waals surface area contributed by atoms with Crippen LogP contribution < -0.4 is 5.32 Å². The van der Waals surface area contributed by atoms with Crippen LogP contribution in [0.1, 0.15) is 31.2 Å². The second kappa shape index (κ2) is 8.83. The Hall–Kier alpha value is -1.95. The first-order chi connectivity index (χ1) is 12.9. The van der Waals surface area contributed by atoms with Crippen LogP contribution in [-0.4, -0.2) is 61.4 Å². The first kappa shape index (κ1) is 19.8.